The highest BCUT2D eigenvalue weighted by Crippen LogP contribution is 2.24. The van der Waals surface area contributed by atoms with Crippen molar-refractivity contribution in [2.75, 3.05) is 18.0 Å². The average Bonchev–Trinajstić information content (AvgIpc) is 2.39. The number of nitrogens with two attached hydrogens (primary N) is 1. The Morgan fingerprint density at radius 1 is 1.41 bits per heavy atom. The van der Waals surface area contributed by atoms with Gasteiger partial charge in [-0.1, -0.05) is 13.3 Å². The minimum atomic E-state index is 0.0230. The summed E-state index contributed by atoms with van der Waals surface area (Å²) in [6, 6.07) is 4.22. The monoisotopic (exact) mass is 233 g/mol. The van der Waals surface area contributed by atoms with Gasteiger partial charge in [-0.2, -0.15) is 0 Å². The van der Waals surface area contributed by atoms with Crippen molar-refractivity contribution in [3.05, 3.63) is 24.0 Å². The van der Waals surface area contributed by atoms with Crippen molar-refractivity contribution in [2.45, 2.75) is 39.2 Å². The topological polar surface area (TPSA) is 42.1 Å². The summed E-state index contributed by atoms with van der Waals surface area (Å²) < 4.78 is 0. The first-order valence-electron chi connectivity index (χ1n) is 6.67. The molecule has 3 nitrogen and oxygen atoms in total. The Balaban J connectivity index is 1.99. The van der Waals surface area contributed by atoms with E-state index in [2.05, 4.69) is 22.9 Å². The van der Waals surface area contributed by atoms with Gasteiger partial charge < -0.3 is 10.6 Å². The smallest absolute Gasteiger partial charge is 0.0569 e. The van der Waals surface area contributed by atoms with Crippen molar-refractivity contribution in [2.24, 2.45) is 11.7 Å². The minimum Gasteiger partial charge on any atom is -0.370 e. The van der Waals surface area contributed by atoms with Crippen LogP contribution < -0.4 is 10.6 Å². The molecule has 0 saturated carbocycles. The molecule has 1 atom stereocenters. The van der Waals surface area contributed by atoms with Crippen LogP contribution in [-0.4, -0.2) is 18.1 Å². The zero-order chi connectivity index (χ0) is 12.3. The summed E-state index contributed by atoms with van der Waals surface area (Å²) in [4.78, 5) is 6.86. The second-order valence-corrected chi connectivity index (χ2v) is 5.07. The molecule has 1 aromatic heterocycles. The van der Waals surface area contributed by atoms with Gasteiger partial charge in [-0.25, -0.2) is 0 Å². The second kappa shape index (κ2) is 5.50. The summed E-state index contributed by atoms with van der Waals surface area (Å²) in [5.74, 6) is 0.919. The molecule has 1 fully saturated rings. The SMILES string of the molecule is CCC1CCN(c2ccc([C@@H](C)N)nc2)CC1. The van der Waals surface area contributed by atoms with Gasteiger partial charge in [0.05, 0.1) is 17.6 Å². The van der Waals surface area contributed by atoms with Crippen LogP contribution in [0.2, 0.25) is 0 Å². The van der Waals surface area contributed by atoms with Crippen LogP contribution in [0.15, 0.2) is 18.3 Å². The van der Waals surface area contributed by atoms with E-state index in [4.69, 9.17) is 5.73 Å². The third-order valence-electron chi connectivity index (χ3n) is 3.79. The van der Waals surface area contributed by atoms with Gasteiger partial charge in [-0.05, 0) is 37.8 Å². The number of rotatable bonds is 3. The number of anilines is 1. The minimum absolute atomic E-state index is 0.0230. The summed E-state index contributed by atoms with van der Waals surface area (Å²) >= 11 is 0. The third kappa shape index (κ3) is 2.97. The highest BCUT2D eigenvalue weighted by atomic mass is 15.1. The van der Waals surface area contributed by atoms with E-state index in [1.54, 1.807) is 0 Å². The van der Waals surface area contributed by atoms with Gasteiger partial charge in [0.1, 0.15) is 0 Å². The number of hydrogen-bond acceptors (Lipinski definition) is 3. The predicted molar refractivity (Wildman–Crippen MR) is 72.1 cm³/mol. The van der Waals surface area contributed by atoms with Gasteiger partial charge in [0.15, 0.2) is 0 Å². The average molecular weight is 233 g/mol. The molecule has 1 aromatic rings. The van der Waals surface area contributed by atoms with Crippen molar-refractivity contribution in [3.8, 4) is 0 Å². The molecule has 0 spiro atoms. The van der Waals surface area contributed by atoms with E-state index in [1.807, 2.05) is 19.2 Å². The van der Waals surface area contributed by atoms with E-state index < -0.39 is 0 Å². The maximum Gasteiger partial charge on any atom is 0.0569 e. The maximum atomic E-state index is 5.80. The Morgan fingerprint density at radius 3 is 2.59 bits per heavy atom. The molecule has 2 rings (SSSR count). The van der Waals surface area contributed by atoms with Crippen LogP contribution in [0, 0.1) is 5.92 Å². The Labute approximate surface area is 104 Å². The van der Waals surface area contributed by atoms with E-state index in [0.29, 0.717) is 0 Å². The second-order valence-electron chi connectivity index (χ2n) is 5.07. The summed E-state index contributed by atoms with van der Waals surface area (Å²) in [5, 5.41) is 0. The zero-order valence-electron chi connectivity index (χ0n) is 10.9. The highest BCUT2D eigenvalue weighted by molar-refractivity contribution is 5.45. The molecule has 0 radical (unpaired) electrons. The first-order chi connectivity index (χ1) is 8.20. The quantitative estimate of drug-likeness (QED) is 0.873. The fourth-order valence-corrected chi connectivity index (χ4v) is 2.45. The summed E-state index contributed by atoms with van der Waals surface area (Å²) in [6.07, 6.45) is 5.90. The number of pyridine rings is 1. The van der Waals surface area contributed by atoms with Crippen LogP contribution in [0.1, 0.15) is 44.8 Å². The van der Waals surface area contributed by atoms with Crippen LogP contribution in [0.3, 0.4) is 0 Å². The molecule has 2 N–H and O–H groups in total. The molecule has 2 heterocycles. The van der Waals surface area contributed by atoms with E-state index >= 15 is 0 Å². The summed E-state index contributed by atoms with van der Waals surface area (Å²) in [6.45, 7) is 6.59. The molecular formula is C14H23N3. The molecule has 94 valence electrons. The molecule has 0 unspecified atom stereocenters. The Bertz CT molecular complexity index is 337. The largest absolute Gasteiger partial charge is 0.370 e. The molecule has 0 amide bonds. The Kier molecular flexibility index (Phi) is 4.00. The highest BCUT2D eigenvalue weighted by Gasteiger charge is 2.18. The van der Waals surface area contributed by atoms with Crippen molar-refractivity contribution in [1.82, 2.24) is 4.98 Å². The van der Waals surface area contributed by atoms with Crippen LogP contribution in [0.5, 0.6) is 0 Å². The lowest BCUT2D eigenvalue weighted by atomic mass is 9.94. The van der Waals surface area contributed by atoms with Gasteiger partial charge in [0.25, 0.3) is 0 Å². The van der Waals surface area contributed by atoms with Gasteiger partial charge in [0.2, 0.25) is 0 Å². The normalized spacial score (nSPS) is 19.4. The van der Waals surface area contributed by atoms with E-state index in [1.165, 1.54) is 24.9 Å². The number of piperidine rings is 1. The Morgan fingerprint density at radius 2 is 2.12 bits per heavy atom. The van der Waals surface area contributed by atoms with E-state index in [0.717, 1.165) is 24.7 Å². The van der Waals surface area contributed by atoms with Crippen molar-refractivity contribution < 1.29 is 0 Å². The predicted octanol–water partition coefficient (Wildman–Crippen LogP) is 2.73. The van der Waals surface area contributed by atoms with Crippen molar-refractivity contribution in [1.29, 1.82) is 0 Å². The molecule has 17 heavy (non-hydrogen) atoms. The molecule has 3 heteroatoms. The number of aromatic nitrogens is 1. The molecule has 0 bridgehead atoms. The first-order valence-corrected chi connectivity index (χ1v) is 6.67. The van der Waals surface area contributed by atoms with Crippen LogP contribution in [0.25, 0.3) is 0 Å². The van der Waals surface area contributed by atoms with Crippen molar-refractivity contribution in [3.63, 3.8) is 0 Å². The van der Waals surface area contributed by atoms with Crippen molar-refractivity contribution >= 4 is 5.69 Å². The summed E-state index contributed by atoms with van der Waals surface area (Å²) in [7, 11) is 0. The van der Waals surface area contributed by atoms with Crippen LogP contribution in [0.4, 0.5) is 5.69 Å². The molecular weight excluding hydrogens is 210 g/mol. The van der Waals surface area contributed by atoms with Gasteiger partial charge in [0, 0.05) is 19.1 Å². The standard InChI is InChI=1S/C14H23N3/c1-3-12-6-8-17(9-7-12)13-4-5-14(11(2)15)16-10-13/h4-5,10-12H,3,6-9,15H2,1-2H3/t11-/m1/s1. The fraction of sp³-hybridized carbons (Fsp3) is 0.643. The lowest BCUT2D eigenvalue weighted by Crippen LogP contribution is -2.33. The first kappa shape index (κ1) is 12.4. The molecule has 1 aliphatic heterocycles. The lowest BCUT2D eigenvalue weighted by molar-refractivity contribution is 0.395. The molecule has 0 aliphatic carbocycles. The van der Waals surface area contributed by atoms with Crippen LogP contribution in [-0.2, 0) is 0 Å². The zero-order valence-corrected chi connectivity index (χ0v) is 10.9. The fourth-order valence-electron chi connectivity index (χ4n) is 2.45. The van der Waals surface area contributed by atoms with E-state index in [-0.39, 0.29) is 6.04 Å². The van der Waals surface area contributed by atoms with Gasteiger partial charge >= 0.3 is 0 Å². The maximum absolute atomic E-state index is 5.80. The lowest BCUT2D eigenvalue weighted by Gasteiger charge is -2.33. The molecule has 1 saturated heterocycles. The molecule has 1 aliphatic rings. The van der Waals surface area contributed by atoms with Gasteiger partial charge in [-0.15, -0.1) is 0 Å². The summed E-state index contributed by atoms with van der Waals surface area (Å²) in [5.41, 5.74) is 8.01. The number of nitrogens with zero attached hydrogens (tertiary/aromatic N) is 2. The van der Waals surface area contributed by atoms with Crippen LogP contribution >= 0.6 is 0 Å². The Hall–Kier alpha value is -1.09. The third-order valence-corrected chi connectivity index (χ3v) is 3.79. The van der Waals surface area contributed by atoms with Gasteiger partial charge in [-0.3, -0.25) is 4.98 Å². The number of hydrogen-bond donors (Lipinski definition) is 1. The molecule has 0 aromatic carbocycles. The van der Waals surface area contributed by atoms with E-state index in [9.17, 15) is 0 Å².